The fraction of sp³-hybridized carbons (Fsp3) is 0.222. The Hall–Kier alpha value is -1.72. The quantitative estimate of drug-likeness (QED) is 0.738. The lowest BCUT2D eigenvalue weighted by molar-refractivity contribution is -0.138. The zero-order valence-corrected chi connectivity index (χ0v) is 7.63. The van der Waals surface area contributed by atoms with Crippen molar-refractivity contribution >= 4 is 5.97 Å². The number of hydrogen-bond donors (Lipinski definition) is 1. The maximum atomic E-state index is 12.4. The SMILES string of the molecule is COC(=O)c1c(O)cccc1C(F)(F)F. The third-order valence-electron chi connectivity index (χ3n) is 1.74. The Morgan fingerprint density at radius 1 is 1.40 bits per heavy atom. The average molecular weight is 220 g/mol. The number of carbonyl (C=O) groups excluding carboxylic acids is 1. The number of alkyl halides is 3. The Labute approximate surface area is 83.1 Å². The highest BCUT2D eigenvalue weighted by Crippen LogP contribution is 2.35. The van der Waals surface area contributed by atoms with Gasteiger partial charge in [0.1, 0.15) is 11.3 Å². The third-order valence-corrected chi connectivity index (χ3v) is 1.74. The number of rotatable bonds is 1. The van der Waals surface area contributed by atoms with Crippen LogP contribution in [0.15, 0.2) is 18.2 Å². The van der Waals surface area contributed by atoms with E-state index in [0.29, 0.717) is 6.07 Å². The number of phenolic OH excluding ortho intramolecular Hbond substituents is 1. The standard InChI is InChI=1S/C9H7F3O3/c1-15-8(14)7-5(9(10,11)12)3-2-4-6(7)13/h2-4,13H,1H3. The summed E-state index contributed by atoms with van der Waals surface area (Å²) < 4.78 is 41.4. The minimum absolute atomic E-state index is 0.700. The second-order valence-corrected chi connectivity index (χ2v) is 2.69. The van der Waals surface area contributed by atoms with Gasteiger partial charge in [-0.15, -0.1) is 0 Å². The van der Waals surface area contributed by atoms with Gasteiger partial charge in [0.2, 0.25) is 0 Å². The van der Waals surface area contributed by atoms with Crippen molar-refractivity contribution in [3.05, 3.63) is 29.3 Å². The zero-order chi connectivity index (χ0) is 11.6. The number of esters is 1. The van der Waals surface area contributed by atoms with Crippen molar-refractivity contribution in [2.45, 2.75) is 6.18 Å². The van der Waals surface area contributed by atoms with Gasteiger partial charge in [-0.25, -0.2) is 4.79 Å². The molecule has 0 unspecified atom stereocenters. The van der Waals surface area contributed by atoms with Gasteiger partial charge in [0.15, 0.2) is 0 Å². The molecule has 0 aromatic heterocycles. The molecule has 0 saturated heterocycles. The number of methoxy groups -OCH3 is 1. The van der Waals surface area contributed by atoms with Crippen LogP contribution in [0, 0.1) is 0 Å². The minimum Gasteiger partial charge on any atom is -0.507 e. The Morgan fingerprint density at radius 2 is 2.00 bits per heavy atom. The molecule has 0 radical (unpaired) electrons. The second kappa shape index (κ2) is 3.80. The first kappa shape index (κ1) is 11.4. The monoisotopic (exact) mass is 220 g/mol. The smallest absolute Gasteiger partial charge is 0.417 e. The Bertz CT molecular complexity index is 385. The molecule has 15 heavy (non-hydrogen) atoms. The highest BCUT2D eigenvalue weighted by molar-refractivity contribution is 5.94. The summed E-state index contributed by atoms with van der Waals surface area (Å²) >= 11 is 0. The first-order valence-electron chi connectivity index (χ1n) is 3.85. The van der Waals surface area contributed by atoms with E-state index >= 15 is 0 Å². The molecule has 3 nitrogen and oxygen atoms in total. The van der Waals surface area contributed by atoms with Gasteiger partial charge in [-0.2, -0.15) is 13.2 Å². The van der Waals surface area contributed by atoms with Gasteiger partial charge in [0.25, 0.3) is 0 Å². The second-order valence-electron chi connectivity index (χ2n) is 2.69. The van der Waals surface area contributed by atoms with Crippen LogP contribution < -0.4 is 0 Å². The predicted molar refractivity (Wildman–Crippen MR) is 44.4 cm³/mol. The highest BCUT2D eigenvalue weighted by Gasteiger charge is 2.36. The summed E-state index contributed by atoms with van der Waals surface area (Å²) in [4.78, 5) is 11.0. The number of carbonyl (C=O) groups is 1. The van der Waals surface area contributed by atoms with Gasteiger partial charge in [0.05, 0.1) is 12.7 Å². The fourth-order valence-electron chi connectivity index (χ4n) is 1.09. The summed E-state index contributed by atoms with van der Waals surface area (Å²) in [6.07, 6.45) is -4.71. The predicted octanol–water partition coefficient (Wildman–Crippen LogP) is 2.20. The van der Waals surface area contributed by atoms with Crippen molar-refractivity contribution in [2.75, 3.05) is 7.11 Å². The molecule has 82 valence electrons. The summed E-state index contributed by atoms with van der Waals surface area (Å²) in [7, 11) is 0.939. The van der Waals surface area contributed by atoms with E-state index in [2.05, 4.69) is 4.74 Å². The van der Waals surface area contributed by atoms with Crippen molar-refractivity contribution in [3.8, 4) is 5.75 Å². The van der Waals surface area contributed by atoms with Gasteiger partial charge < -0.3 is 9.84 Å². The van der Waals surface area contributed by atoms with Crippen LogP contribution in [0.5, 0.6) is 5.75 Å². The average Bonchev–Trinajstić information content (AvgIpc) is 2.15. The topological polar surface area (TPSA) is 46.5 Å². The Balaban J connectivity index is 3.40. The van der Waals surface area contributed by atoms with Gasteiger partial charge >= 0.3 is 12.1 Å². The maximum Gasteiger partial charge on any atom is 0.417 e. The number of aromatic hydroxyl groups is 1. The number of phenols is 1. The first-order valence-corrected chi connectivity index (χ1v) is 3.85. The van der Waals surface area contributed by atoms with E-state index in [0.717, 1.165) is 19.2 Å². The molecule has 1 aromatic carbocycles. The van der Waals surface area contributed by atoms with E-state index in [1.165, 1.54) is 0 Å². The molecule has 1 aromatic rings. The molecule has 0 saturated carbocycles. The lowest BCUT2D eigenvalue weighted by Crippen LogP contribution is -2.14. The molecular formula is C9H7F3O3. The molecule has 6 heteroatoms. The van der Waals surface area contributed by atoms with Crippen LogP contribution in [0.3, 0.4) is 0 Å². The van der Waals surface area contributed by atoms with Crippen LogP contribution in [0.25, 0.3) is 0 Å². The van der Waals surface area contributed by atoms with Crippen LogP contribution in [0.4, 0.5) is 13.2 Å². The summed E-state index contributed by atoms with van der Waals surface area (Å²) in [6.45, 7) is 0. The number of halogens is 3. The van der Waals surface area contributed by atoms with Gasteiger partial charge in [0, 0.05) is 0 Å². The van der Waals surface area contributed by atoms with Crippen molar-refractivity contribution < 1.29 is 27.8 Å². The molecule has 1 N–H and O–H groups in total. The molecule has 0 bridgehead atoms. The van der Waals surface area contributed by atoms with E-state index in [1.807, 2.05) is 0 Å². The first-order chi connectivity index (χ1) is 6.88. The van der Waals surface area contributed by atoms with E-state index in [1.54, 1.807) is 0 Å². The minimum atomic E-state index is -4.71. The van der Waals surface area contributed by atoms with Crippen LogP contribution in [0.1, 0.15) is 15.9 Å². The van der Waals surface area contributed by atoms with Crippen LogP contribution in [-0.4, -0.2) is 18.2 Å². The molecule has 0 atom stereocenters. The molecule has 0 heterocycles. The summed E-state index contributed by atoms with van der Waals surface area (Å²) in [5, 5.41) is 9.16. The van der Waals surface area contributed by atoms with E-state index in [9.17, 15) is 18.0 Å². The van der Waals surface area contributed by atoms with Gasteiger partial charge in [-0.1, -0.05) is 6.07 Å². The number of benzene rings is 1. The molecule has 0 aliphatic carbocycles. The normalized spacial score (nSPS) is 11.2. The Kier molecular flexibility index (Phi) is 2.88. The lowest BCUT2D eigenvalue weighted by atomic mass is 10.1. The van der Waals surface area contributed by atoms with Crippen molar-refractivity contribution in [3.63, 3.8) is 0 Å². The van der Waals surface area contributed by atoms with E-state index in [-0.39, 0.29) is 0 Å². The highest BCUT2D eigenvalue weighted by atomic mass is 19.4. The van der Waals surface area contributed by atoms with Crippen LogP contribution in [0.2, 0.25) is 0 Å². The molecule has 0 aliphatic rings. The summed E-state index contributed by atoms with van der Waals surface area (Å²) in [5.41, 5.74) is -2.08. The van der Waals surface area contributed by atoms with Crippen molar-refractivity contribution in [1.29, 1.82) is 0 Å². The van der Waals surface area contributed by atoms with E-state index in [4.69, 9.17) is 5.11 Å². The summed E-state index contributed by atoms with van der Waals surface area (Å²) in [5.74, 6) is -1.97. The van der Waals surface area contributed by atoms with Crippen LogP contribution >= 0.6 is 0 Å². The Morgan fingerprint density at radius 3 is 2.47 bits per heavy atom. The zero-order valence-electron chi connectivity index (χ0n) is 7.63. The van der Waals surface area contributed by atoms with Crippen LogP contribution in [-0.2, 0) is 10.9 Å². The molecule has 0 spiro atoms. The van der Waals surface area contributed by atoms with E-state index < -0.39 is 29.0 Å². The largest absolute Gasteiger partial charge is 0.507 e. The van der Waals surface area contributed by atoms with Gasteiger partial charge in [-0.05, 0) is 12.1 Å². The van der Waals surface area contributed by atoms with Crippen molar-refractivity contribution in [1.82, 2.24) is 0 Å². The fourth-order valence-corrected chi connectivity index (χ4v) is 1.09. The molecular weight excluding hydrogens is 213 g/mol. The van der Waals surface area contributed by atoms with Gasteiger partial charge in [-0.3, -0.25) is 0 Å². The molecule has 0 amide bonds. The number of ether oxygens (including phenoxy) is 1. The maximum absolute atomic E-state index is 12.4. The van der Waals surface area contributed by atoms with Crippen molar-refractivity contribution in [2.24, 2.45) is 0 Å². The number of hydrogen-bond acceptors (Lipinski definition) is 3. The molecule has 0 fully saturated rings. The molecule has 1 rings (SSSR count). The summed E-state index contributed by atoms with van der Waals surface area (Å²) in [6, 6.07) is 2.69. The third kappa shape index (κ3) is 2.20. The lowest BCUT2D eigenvalue weighted by Gasteiger charge is -2.11. The molecule has 0 aliphatic heterocycles.